The van der Waals surface area contributed by atoms with Crippen molar-refractivity contribution >= 4 is 11.8 Å². The zero-order valence-corrected chi connectivity index (χ0v) is 17.6. The molecule has 1 aliphatic heterocycles. The van der Waals surface area contributed by atoms with Crippen molar-refractivity contribution in [2.24, 2.45) is 0 Å². The summed E-state index contributed by atoms with van der Waals surface area (Å²) in [5.41, 5.74) is 3.35. The minimum Gasteiger partial charge on any atom is -0.462 e. The van der Waals surface area contributed by atoms with Gasteiger partial charge in [0.05, 0.1) is 17.9 Å². The number of carbonyl (C=O) groups is 1. The molecule has 0 spiro atoms. The molecular weight excluding hydrogens is 414 g/mol. The Bertz CT molecular complexity index is 1090. The highest BCUT2D eigenvalue weighted by atomic mass is 16.6. The van der Waals surface area contributed by atoms with Gasteiger partial charge in [-0.2, -0.15) is 0 Å². The van der Waals surface area contributed by atoms with Gasteiger partial charge in [-0.1, -0.05) is 18.2 Å². The number of hydrogen-bond donors (Lipinski definition) is 0. The minimum atomic E-state index is -0.519. The van der Waals surface area contributed by atoms with Gasteiger partial charge in [0.25, 0.3) is 0 Å². The van der Waals surface area contributed by atoms with Gasteiger partial charge in [-0.3, -0.25) is 14.5 Å². The second kappa shape index (κ2) is 9.56. The summed E-state index contributed by atoms with van der Waals surface area (Å²) in [7, 11) is 0. The zero-order valence-electron chi connectivity index (χ0n) is 17.6. The molecule has 0 atom stereocenters. The number of ether oxygens (including phenoxy) is 2. The maximum atomic E-state index is 11.8. The van der Waals surface area contributed by atoms with Crippen molar-refractivity contribution in [2.75, 3.05) is 26.3 Å². The lowest BCUT2D eigenvalue weighted by atomic mass is 10.1. The molecule has 3 heterocycles. The first-order valence-electron chi connectivity index (χ1n) is 10.3. The van der Waals surface area contributed by atoms with E-state index in [4.69, 9.17) is 9.47 Å². The number of esters is 1. The number of fused-ring (bicyclic) bond motifs is 1. The van der Waals surface area contributed by atoms with E-state index in [0.29, 0.717) is 45.0 Å². The molecule has 166 valence electrons. The van der Waals surface area contributed by atoms with Gasteiger partial charge < -0.3 is 19.6 Å². The molecular formula is C22H23N5O5. The average Bonchev–Trinajstić information content (AvgIpc) is 3.19. The van der Waals surface area contributed by atoms with Crippen LogP contribution < -0.4 is 4.74 Å². The molecule has 2 aromatic heterocycles. The molecule has 0 bridgehead atoms. The quantitative estimate of drug-likeness (QED) is 0.329. The van der Waals surface area contributed by atoms with Crippen LogP contribution in [0, 0.1) is 10.1 Å². The molecule has 0 unspecified atom stereocenters. The molecule has 0 amide bonds. The number of carbonyl (C=O) groups excluding carboxylic acids is 1. The van der Waals surface area contributed by atoms with Crippen molar-refractivity contribution in [1.29, 1.82) is 0 Å². The SMILES string of the molecule is CCOC(=O)c1ccc(-c2ccc(CN3CCOc4nc([N+](=O)[O-])cn4CC3)nc2)cc1. The maximum Gasteiger partial charge on any atom is 0.414 e. The molecule has 0 fully saturated rings. The third-order valence-corrected chi connectivity index (χ3v) is 5.15. The summed E-state index contributed by atoms with van der Waals surface area (Å²) in [5, 5.41) is 10.9. The Kier molecular flexibility index (Phi) is 6.41. The van der Waals surface area contributed by atoms with Crippen LogP contribution in [0.3, 0.4) is 0 Å². The summed E-state index contributed by atoms with van der Waals surface area (Å²) in [6.07, 6.45) is 3.21. The van der Waals surface area contributed by atoms with E-state index in [1.54, 1.807) is 23.6 Å². The van der Waals surface area contributed by atoms with E-state index in [1.807, 2.05) is 30.5 Å². The van der Waals surface area contributed by atoms with E-state index < -0.39 is 4.92 Å². The fourth-order valence-corrected chi connectivity index (χ4v) is 3.47. The first-order chi connectivity index (χ1) is 15.5. The van der Waals surface area contributed by atoms with Crippen molar-refractivity contribution in [1.82, 2.24) is 19.4 Å². The number of benzene rings is 1. The fraction of sp³-hybridized carbons (Fsp3) is 0.318. The van der Waals surface area contributed by atoms with E-state index in [2.05, 4.69) is 14.9 Å². The average molecular weight is 437 g/mol. The van der Waals surface area contributed by atoms with E-state index in [1.165, 1.54) is 6.20 Å². The second-order valence-electron chi connectivity index (χ2n) is 7.29. The van der Waals surface area contributed by atoms with Crippen LogP contribution >= 0.6 is 0 Å². The third-order valence-electron chi connectivity index (χ3n) is 5.15. The smallest absolute Gasteiger partial charge is 0.414 e. The molecule has 10 heteroatoms. The molecule has 32 heavy (non-hydrogen) atoms. The van der Waals surface area contributed by atoms with Crippen molar-refractivity contribution in [3.63, 3.8) is 0 Å². The molecule has 4 rings (SSSR count). The summed E-state index contributed by atoms with van der Waals surface area (Å²) >= 11 is 0. The fourth-order valence-electron chi connectivity index (χ4n) is 3.47. The second-order valence-corrected chi connectivity index (χ2v) is 7.29. The van der Waals surface area contributed by atoms with Gasteiger partial charge in [0.1, 0.15) is 12.8 Å². The minimum absolute atomic E-state index is 0.207. The number of imidazole rings is 1. The standard InChI is InChI=1S/C22H23N5O5/c1-2-31-21(28)17-5-3-16(4-6-17)18-7-8-19(23-13-18)14-25-9-10-26-15-20(27(29)30)24-22(26)32-12-11-25/h3-8,13,15H,2,9-12,14H2,1H3. The lowest BCUT2D eigenvalue weighted by Gasteiger charge is -2.24. The Morgan fingerprint density at radius 2 is 1.94 bits per heavy atom. The van der Waals surface area contributed by atoms with Gasteiger partial charge in [-0.05, 0) is 35.6 Å². The van der Waals surface area contributed by atoms with Crippen molar-refractivity contribution in [2.45, 2.75) is 20.0 Å². The summed E-state index contributed by atoms with van der Waals surface area (Å²) in [5.74, 6) is -0.539. The van der Waals surface area contributed by atoms with E-state index in [9.17, 15) is 14.9 Å². The van der Waals surface area contributed by atoms with Gasteiger partial charge in [-0.15, -0.1) is 0 Å². The van der Waals surface area contributed by atoms with Crippen LogP contribution in [0.2, 0.25) is 0 Å². The Balaban J connectivity index is 1.38. The Hall–Kier alpha value is -3.79. The number of aromatic nitrogens is 3. The molecule has 10 nitrogen and oxygen atoms in total. The van der Waals surface area contributed by atoms with Crippen LogP contribution in [0.1, 0.15) is 23.0 Å². The monoisotopic (exact) mass is 437 g/mol. The van der Waals surface area contributed by atoms with Gasteiger partial charge in [-0.25, -0.2) is 4.79 Å². The molecule has 0 saturated heterocycles. The summed E-state index contributed by atoms with van der Waals surface area (Å²) in [4.78, 5) is 32.9. The molecule has 0 saturated carbocycles. The van der Waals surface area contributed by atoms with Crippen molar-refractivity contribution < 1.29 is 19.2 Å². The Morgan fingerprint density at radius 1 is 1.16 bits per heavy atom. The highest BCUT2D eigenvalue weighted by Gasteiger charge is 2.23. The summed E-state index contributed by atoms with van der Waals surface area (Å²) in [6, 6.07) is 11.5. The number of rotatable bonds is 6. The predicted octanol–water partition coefficient (Wildman–Crippen LogP) is 2.92. The van der Waals surface area contributed by atoms with Crippen LogP contribution in [0.5, 0.6) is 6.01 Å². The molecule has 0 aliphatic carbocycles. The maximum absolute atomic E-state index is 11.8. The zero-order chi connectivity index (χ0) is 22.5. The first kappa shape index (κ1) is 21.4. The van der Waals surface area contributed by atoms with Crippen LogP contribution in [-0.4, -0.2) is 56.6 Å². The third kappa shape index (κ3) is 4.92. The first-order valence-corrected chi connectivity index (χ1v) is 10.3. The number of nitro groups is 1. The highest BCUT2D eigenvalue weighted by molar-refractivity contribution is 5.90. The molecule has 0 N–H and O–H groups in total. The van der Waals surface area contributed by atoms with Crippen molar-refractivity contribution in [3.8, 4) is 17.1 Å². The number of hydrogen-bond acceptors (Lipinski definition) is 8. The highest BCUT2D eigenvalue weighted by Crippen LogP contribution is 2.21. The topological polar surface area (TPSA) is 113 Å². The van der Waals surface area contributed by atoms with Crippen LogP contribution in [0.25, 0.3) is 11.1 Å². The van der Waals surface area contributed by atoms with Gasteiger partial charge in [0.2, 0.25) is 0 Å². The Morgan fingerprint density at radius 3 is 2.62 bits per heavy atom. The number of nitrogens with zero attached hydrogens (tertiary/aromatic N) is 5. The largest absolute Gasteiger partial charge is 0.462 e. The molecule has 0 radical (unpaired) electrons. The van der Waals surface area contributed by atoms with Crippen LogP contribution in [0.15, 0.2) is 48.8 Å². The predicted molar refractivity (Wildman–Crippen MR) is 115 cm³/mol. The van der Waals surface area contributed by atoms with E-state index in [0.717, 1.165) is 16.8 Å². The van der Waals surface area contributed by atoms with Crippen LogP contribution in [-0.2, 0) is 17.8 Å². The molecule has 3 aromatic rings. The van der Waals surface area contributed by atoms with Gasteiger partial charge in [0, 0.05) is 42.9 Å². The summed E-state index contributed by atoms with van der Waals surface area (Å²) in [6.45, 7) is 5.05. The lowest BCUT2D eigenvalue weighted by molar-refractivity contribution is -0.389. The normalized spacial score (nSPS) is 14.0. The van der Waals surface area contributed by atoms with E-state index >= 15 is 0 Å². The summed E-state index contributed by atoms with van der Waals surface area (Å²) < 4.78 is 12.3. The number of pyridine rings is 1. The van der Waals surface area contributed by atoms with Gasteiger partial charge in [0.15, 0.2) is 0 Å². The molecule has 1 aromatic carbocycles. The van der Waals surface area contributed by atoms with E-state index in [-0.39, 0.29) is 17.8 Å². The van der Waals surface area contributed by atoms with Crippen LogP contribution in [0.4, 0.5) is 5.82 Å². The lowest BCUT2D eigenvalue weighted by Crippen LogP contribution is -2.33. The van der Waals surface area contributed by atoms with Gasteiger partial charge >= 0.3 is 17.8 Å². The Labute approximate surface area is 184 Å². The van der Waals surface area contributed by atoms with Crippen molar-refractivity contribution in [3.05, 3.63) is 70.2 Å². The molecule has 1 aliphatic rings.